The number of carbonyl (C=O) groups excluding carboxylic acids is 2. The highest BCUT2D eigenvalue weighted by Gasteiger charge is 2.33. The number of carbonyl (C=O) groups is 2. The molecule has 1 N–H and O–H groups in total. The molecule has 0 unspecified atom stereocenters. The van der Waals surface area contributed by atoms with Gasteiger partial charge >= 0.3 is 0 Å². The van der Waals surface area contributed by atoms with Crippen LogP contribution in [0.5, 0.6) is 0 Å². The van der Waals surface area contributed by atoms with E-state index in [2.05, 4.69) is 11.4 Å². The van der Waals surface area contributed by atoms with Crippen molar-refractivity contribution in [3.63, 3.8) is 0 Å². The van der Waals surface area contributed by atoms with Crippen molar-refractivity contribution >= 4 is 22.6 Å². The fourth-order valence-electron chi connectivity index (χ4n) is 3.62. The summed E-state index contributed by atoms with van der Waals surface area (Å²) in [4.78, 5) is 24.3. The first-order valence-electron chi connectivity index (χ1n) is 7.19. The van der Waals surface area contributed by atoms with Crippen LogP contribution in [0.1, 0.15) is 51.1 Å². The number of hydrogen-bond acceptors (Lipinski definition) is 2. The van der Waals surface area contributed by atoms with E-state index in [9.17, 15) is 9.59 Å². The predicted octanol–water partition coefficient (Wildman–Crippen LogP) is 2.99. The van der Waals surface area contributed by atoms with Crippen LogP contribution >= 0.6 is 0 Å². The topological polar surface area (TPSA) is 46.2 Å². The van der Waals surface area contributed by atoms with E-state index in [0.29, 0.717) is 11.1 Å². The second kappa shape index (κ2) is 4.17. The van der Waals surface area contributed by atoms with Crippen LogP contribution < -0.4 is 5.32 Å². The van der Waals surface area contributed by atoms with E-state index in [4.69, 9.17) is 0 Å². The lowest BCUT2D eigenvalue weighted by Gasteiger charge is -2.14. The molecule has 0 atom stereocenters. The van der Waals surface area contributed by atoms with Gasteiger partial charge in [0.1, 0.15) is 0 Å². The summed E-state index contributed by atoms with van der Waals surface area (Å²) in [6.45, 7) is 0. The molecule has 3 nitrogen and oxygen atoms in total. The SMILES string of the molecule is O=C1NC(=O)c2c1c1c(c3ccccc23)CCCCC1. The third-order valence-corrected chi connectivity index (χ3v) is 4.47. The second-order valence-electron chi connectivity index (χ2n) is 5.60. The van der Waals surface area contributed by atoms with Gasteiger partial charge in [-0.05, 0) is 47.6 Å². The van der Waals surface area contributed by atoms with E-state index >= 15 is 0 Å². The van der Waals surface area contributed by atoms with Crippen LogP contribution in [0.15, 0.2) is 24.3 Å². The zero-order valence-corrected chi connectivity index (χ0v) is 11.2. The molecule has 2 amide bonds. The molecule has 4 rings (SSSR count). The van der Waals surface area contributed by atoms with Crippen molar-refractivity contribution in [3.05, 3.63) is 46.5 Å². The van der Waals surface area contributed by atoms with E-state index in [1.165, 1.54) is 12.0 Å². The third-order valence-electron chi connectivity index (χ3n) is 4.47. The Morgan fingerprint density at radius 1 is 0.750 bits per heavy atom. The summed E-state index contributed by atoms with van der Waals surface area (Å²) in [6, 6.07) is 7.98. The molecule has 100 valence electrons. The summed E-state index contributed by atoms with van der Waals surface area (Å²) < 4.78 is 0. The Labute approximate surface area is 117 Å². The Kier molecular flexibility index (Phi) is 2.43. The first kappa shape index (κ1) is 11.6. The quantitative estimate of drug-likeness (QED) is 0.588. The number of amides is 2. The fraction of sp³-hybridized carbons (Fsp3) is 0.294. The summed E-state index contributed by atoms with van der Waals surface area (Å²) in [7, 11) is 0. The van der Waals surface area contributed by atoms with E-state index in [1.807, 2.05) is 18.2 Å². The van der Waals surface area contributed by atoms with Crippen molar-refractivity contribution < 1.29 is 9.59 Å². The zero-order valence-electron chi connectivity index (χ0n) is 11.2. The number of nitrogens with one attached hydrogen (secondary N) is 1. The summed E-state index contributed by atoms with van der Waals surface area (Å²) >= 11 is 0. The highest BCUT2D eigenvalue weighted by atomic mass is 16.2. The van der Waals surface area contributed by atoms with E-state index in [-0.39, 0.29) is 11.8 Å². The maximum atomic E-state index is 12.2. The van der Waals surface area contributed by atoms with E-state index < -0.39 is 0 Å². The van der Waals surface area contributed by atoms with Gasteiger partial charge in [-0.25, -0.2) is 0 Å². The van der Waals surface area contributed by atoms with E-state index in [0.717, 1.165) is 42.0 Å². The summed E-state index contributed by atoms with van der Waals surface area (Å²) in [5.74, 6) is -0.456. The maximum Gasteiger partial charge on any atom is 0.259 e. The molecule has 1 aliphatic heterocycles. The Morgan fingerprint density at radius 2 is 1.40 bits per heavy atom. The van der Waals surface area contributed by atoms with Crippen molar-refractivity contribution in [2.45, 2.75) is 32.1 Å². The van der Waals surface area contributed by atoms with E-state index in [1.54, 1.807) is 0 Å². The van der Waals surface area contributed by atoms with Crippen molar-refractivity contribution in [3.8, 4) is 0 Å². The summed E-state index contributed by atoms with van der Waals surface area (Å²) in [5.41, 5.74) is 3.62. The second-order valence-corrected chi connectivity index (χ2v) is 5.60. The number of rotatable bonds is 0. The molecule has 0 saturated carbocycles. The van der Waals surface area contributed by atoms with Gasteiger partial charge in [-0.2, -0.15) is 0 Å². The normalized spacial score (nSPS) is 17.6. The minimum Gasteiger partial charge on any atom is -0.288 e. The molecule has 2 aromatic rings. The van der Waals surface area contributed by atoms with Crippen molar-refractivity contribution in [2.75, 3.05) is 0 Å². The smallest absolute Gasteiger partial charge is 0.259 e. The molecule has 0 spiro atoms. The molecule has 20 heavy (non-hydrogen) atoms. The van der Waals surface area contributed by atoms with Gasteiger partial charge in [0, 0.05) is 0 Å². The lowest BCUT2D eigenvalue weighted by molar-refractivity contribution is 0.0880. The standard InChI is InChI=1S/C17H15NO2/c19-16-14-12-8-3-1-2-6-10(12)11-7-4-5-9-13(11)15(14)17(20)18-16/h4-5,7,9H,1-3,6,8H2,(H,18,19,20). The number of imide groups is 1. The Balaban J connectivity index is 2.18. The van der Waals surface area contributed by atoms with Crippen LogP contribution in [0, 0.1) is 0 Å². The van der Waals surface area contributed by atoms with Crippen LogP contribution in [0.2, 0.25) is 0 Å². The molecule has 1 aliphatic carbocycles. The molecule has 2 aromatic carbocycles. The molecular weight excluding hydrogens is 250 g/mol. The number of hydrogen-bond donors (Lipinski definition) is 1. The zero-order chi connectivity index (χ0) is 13.7. The molecule has 0 fully saturated rings. The van der Waals surface area contributed by atoms with Crippen LogP contribution in [0.25, 0.3) is 10.8 Å². The Hall–Kier alpha value is -2.16. The average Bonchev–Trinajstić information content (AvgIpc) is 2.66. The van der Waals surface area contributed by atoms with Crippen molar-refractivity contribution in [1.82, 2.24) is 5.32 Å². The summed E-state index contributed by atoms with van der Waals surface area (Å²) in [5, 5.41) is 4.54. The maximum absolute atomic E-state index is 12.2. The molecule has 0 bridgehead atoms. The first-order valence-corrected chi connectivity index (χ1v) is 7.19. The van der Waals surface area contributed by atoms with Crippen molar-refractivity contribution in [2.24, 2.45) is 0 Å². The molecule has 0 saturated heterocycles. The average molecular weight is 265 g/mol. The molecule has 0 aromatic heterocycles. The minimum atomic E-state index is -0.242. The van der Waals surface area contributed by atoms with Gasteiger partial charge in [0.2, 0.25) is 0 Å². The van der Waals surface area contributed by atoms with Crippen LogP contribution in [0.4, 0.5) is 0 Å². The van der Waals surface area contributed by atoms with Crippen LogP contribution in [0.3, 0.4) is 0 Å². The van der Waals surface area contributed by atoms with Gasteiger partial charge in [-0.15, -0.1) is 0 Å². The molecule has 3 heteroatoms. The van der Waals surface area contributed by atoms with Gasteiger partial charge in [0.05, 0.1) is 11.1 Å². The van der Waals surface area contributed by atoms with Gasteiger partial charge in [0.25, 0.3) is 11.8 Å². The third kappa shape index (κ3) is 1.46. The minimum absolute atomic E-state index is 0.214. The summed E-state index contributed by atoms with van der Waals surface area (Å²) in [6.07, 6.45) is 5.35. The predicted molar refractivity (Wildman–Crippen MR) is 77.0 cm³/mol. The largest absolute Gasteiger partial charge is 0.288 e. The van der Waals surface area contributed by atoms with Gasteiger partial charge in [-0.3, -0.25) is 14.9 Å². The lowest BCUT2D eigenvalue weighted by atomic mass is 9.88. The highest BCUT2D eigenvalue weighted by Crippen LogP contribution is 2.36. The number of benzene rings is 2. The van der Waals surface area contributed by atoms with Crippen molar-refractivity contribution in [1.29, 1.82) is 0 Å². The van der Waals surface area contributed by atoms with Gasteiger partial charge < -0.3 is 0 Å². The number of aryl methyl sites for hydroxylation is 1. The first-order chi connectivity index (χ1) is 9.77. The molecular formula is C17H15NO2. The Morgan fingerprint density at radius 3 is 2.20 bits per heavy atom. The monoisotopic (exact) mass is 265 g/mol. The molecule has 2 aliphatic rings. The molecule has 0 radical (unpaired) electrons. The number of fused-ring (bicyclic) bond motifs is 6. The molecule has 1 heterocycles. The van der Waals surface area contributed by atoms with Crippen LogP contribution in [-0.2, 0) is 12.8 Å². The van der Waals surface area contributed by atoms with Gasteiger partial charge in [0.15, 0.2) is 0 Å². The Bertz CT molecular complexity index is 761. The van der Waals surface area contributed by atoms with Crippen LogP contribution in [-0.4, -0.2) is 11.8 Å². The lowest BCUT2D eigenvalue weighted by Crippen LogP contribution is -2.20. The fourth-order valence-corrected chi connectivity index (χ4v) is 3.62. The highest BCUT2D eigenvalue weighted by molar-refractivity contribution is 6.27. The van der Waals surface area contributed by atoms with Gasteiger partial charge in [-0.1, -0.05) is 30.7 Å².